The Bertz CT molecular complexity index is 93.8. The van der Waals surface area contributed by atoms with E-state index in [9.17, 15) is 9.59 Å². The van der Waals surface area contributed by atoms with Gasteiger partial charge in [0.15, 0.2) is 0 Å². The average molecular weight is 194 g/mol. The molecule has 0 aromatic heterocycles. The summed E-state index contributed by atoms with van der Waals surface area (Å²) < 4.78 is 3.08. The van der Waals surface area contributed by atoms with E-state index in [2.05, 4.69) is 4.74 Å². The molecule has 0 saturated carbocycles. The molecule has 0 radical (unpaired) electrons. The number of carbonyl (C=O) groups is 2. The molecule has 0 aliphatic carbocycles. The van der Waals surface area contributed by atoms with Crippen molar-refractivity contribution >= 4 is 123 Å². The molecule has 8 heteroatoms. The van der Waals surface area contributed by atoms with E-state index in [0.717, 1.165) is 0 Å². The second kappa shape index (κ2) is 13.9. The molecule has 0 amide bonds. The third-order valence-corrected chi connectivity index (χ3v) is 0.175. The van der Waals surface area contributed by atoms with Crippen LogP contribution in [0.2, 0.25) is 0 Å². The van der Waals surface area contributed by atoms with E-state index >= 15 is 0 Å². The van der Waals surface area contributed by atoms with Crippen LogP contribution < -0.4 is 0 Å². The van der Waals surface area contributed by atoms with Gasteiger partial charge in [0.1, 0.15) is 0 Å². The Labute approximate surface area is 144 Å². The summed E-state index contributed by atoms with van der Waals surface area (Å²) in [7, 11) is 0. The number of hydrogen-bond acceptors (Lipinski definition) is 3. The fourth-order valence-corrected chi connectivity index (χ4v) is 0.0747. The normalized spacial score (nSPS) is 5.20. The van der Waals surface area contributed by atoms with Crippen molar-refractivity contribution in [3.63, 3.8) is 0 Å². The standard InChI is InChI=1S/C2H2O5.K.2Na.3H/c3-1(4)7-2(5)6;;;;;;/h(H,3,4)(H,5,6);;;;;;. The van der Waals surface area contributed by atoms with Crippen molar-refractivity contribution in [1.82, 2.24) is 0 Å². The van der Waals surface area contributed by atoms with Gasteiger partial charge in [0.05, 0.1) is 0 Å². The summed E-state index contributed by atoms with van der Waals surface area (Å²) in [4.78, 5) is 18.4. The Balaban J connectivity index is -0.0000000600. The van der Waals surface area contributed by atoms with Crippen LogP contribution in [-0.4, -0.2) is 133 Å². The fourth-order valence-electron chi connectivity index (χ4n) is 0.0747. The molecule has 0 rings (SSSR count). The zero-order valence-electron chi connectivity index (χ0n) is 3.12. The topological polar surface area (TPSA) is 83.8 Å². The van der Waals surface area contributed by atoms with Gasteiger partial charge in [-0.1, -0.05) is 0 Å². The van der Waals surface area contributed by atoms with E-state index in [-0.39, 0.29) is 110 Å². The summed E-state index contributed by atoms with van der Waals surface area (Å²) >= 11 is 0. The third-order valence-electron chi connectivity index (χ3n) is 0.175. The van der Waals surface area contributed by atoms with Crippen molar-refractivity contribution in [3.8, 4) is 0 Å². The molecule has 0 aromatic rings. The van der Waals surface area contributed by atoms with Crippen LogP contribution in [0.15, 0.2) is 0 Å². The molecular weight excluding hydrogens is 189 g/mol. The molecular formula is C2H5KNa2O5. The van der Waals surface area contributed by atoms with Crippen LogP contribution in [0.25, 0.3) is 0 Å². The maximum absolute atomic E-state index is 9.21. The first-order valence-electron chi connectivity index (χ1n) is 1.26. The molecule has 0 spiro atoms. The van der Waals surface area contributed by atoms with Gasteiger partial charge in [0.2, 0.25) is 0 Å². The van der Waals surface area contributed by atoms with Gasteiger partial charge in [-0.25, -0.2) is 9.59 Å². The second-order valence-corrected chi connectivity index (χ2v) is 0.634. The Hall–Kier alpha value is 2.38. The zero-order chi connectivity index (χ0) is 5.86. The minimum atomic E-state index is -1.81. The summed E-state index contributed by atoms with van der Waals surface area (Å²) in [6.07, 6.45) is -3.62. The number of rotatable bonds is 0. The van der Waals surface area contributed by atoms with Crippen LogP contribution in [0.4, 0.5) is 9.59 Å². The van der Waals surface area contributed by atoms with Crippen LogP contribution in [0.5, 0.6) is 0 Å². The van der Waals surface area contributed by atoms with Gasteiger partial charge < -0.3 is 14.9 Å². The molecule has 0 heterocycles. The van der Waals surface area contributed by atoms with Crippen molar-refractivity contribution < 1.29 is 24.5 Å². The van der Waals surface area contributed by atoms with Gasteiger partial charge >= 0.3 is 123 Å². The van der Waals surface area contributed by atoms with E-state index in [1.165, 1.54) is 0 Å². The third kappa shape index (κ3) is 22.4. The molecule has 0 unspecified atom stereocenters. The molecule has 46 valence electrons. The molecule has 0 fully saturated rings. The van der Waals surface area contributed by atoms with Gasteiger partial charge in [-0.2, -0.15) is 0 Å². The van der Waals surface area contributed by atoms with Crippen molar-refractivity contribution in [2.24, 2.45) is 0 Å². The van der Waals surface area contributed by atoms with Gasteiger partial charge in [0, 0.05) is 0 Å². The number of hydrogen-bond donors (Lipinski definition) is 2. The molecule has 5 nitrogen and oxygen atoms in total. The SMILES string of the molecule is O=C(O)OC(=O)O.[KH].[NaH].[NaH]. The Morgan fingerprint density at radius 1 is 1.00 bits per heavy atom. The number of carboxylic acid groups (broad SMARTS) is 2. The zero-order valence-corrected chi connectivity index (χ0v) is 3.12. The van der Waals surface area contributed by atoms with Crippen molar-refractivity contribution in [2.45, 2.75) is 0 Å². The molecule has 0 saturated heterocycles. The Morgan fingerprint density at radius 2 is 1.20 bits per heavy atom. The Morgan fingerprint density at radius 3 is 1.20 bits per heavy atom. The summed E-state index contributed by atoms with van der Waals surface area (Å²) in [5.41, 5.74) is 0. The van der Waals surface area contributed by atoms with E-state index in [1.807, 2.05) is 0 Å². The fraction of sp³-hybridized carbons (Fsp3) is 0. The molecule has 0 aliphatic heterocycles. The van der Waals surface area contributed by atoms with Crippen LogP contribution >= 0.6 is 0 Å². The monoisotopic (exact) mass is 194 g/mol. The predicted molar refractivity (Wildman–Crippen MR) is 38.6 cm³/mol. The van der Waals surface area contributed by atoms with Gasteiger partial charge in [-0.15, -0.1) is 0 Å². The van der Waals surface area contributed by atoms with Crippen LogP contribution in [-0.2, 0) is 4.74 Å². The predicted octanol–water partition coefficient (Wildman–Crippen LogP) is -1.59. The summed E-state index contributed by atoms with van der Waals surface area (Å²) in [6, 6.07) is 0. The first-order valence-corrected chi connectivity index (χ1v) is 1.26. The molecule has 0 bridgehead atoms. The van der Waals surface area contributed by atoms with Gasteiger partial charge in [-0.3, -0.25) is 0 Å². The molecule has 0 aromatic carbocycles. The average Bonchev–Trinajstić information content (AvgIpc) is 1.27. The quantitative estimate of drug-likeness (QED) is 0.276. The van der Waals surface area contributed by atoms with Crippen LogP contribution in [0, 0.1) is 0 Å². The Kier molecular flexibility index (Phi) is 31.8. The maximum atomic E-state index is 9.21. The summed E-state index contributed by atoms with van der Waals surface area (Å²) in [5.74, 6) is 0. The molecule has 2 N–H and O–H groups in total. The summed E-state index contributed by atoms with van der Waals surface area (Å²) in [6.45, 7) is 0. The number of ether oxygens (including phenoxy) is 1. The minimum absolute atomic E-state index is 0. The van der Waals surface area contributed by atoms with Gasteiger partial charge in [-0.05, 0) is 0 Å². The van der Waals surface area contributed by atoms with Crippen molar-refractivity contribution in [3.05, 3.63) is 0 Å². The first-order chi connectivity index (χ1) is 3.13. The molecule has 10 heavy (non-hydrogen) atoms. The van der Waals surface area contributed by atoms with Gasteiger partial charge in [0.25, 0.3) is 0 Å². The molecule has 0 aliphatic rings. The summed E-state index contributed by atoms with van der Waals surface area (Å²) in [5, 5.41) is 15.0. The first kappa shape index (κ1) is 22.8. The van der Waals surface area contributed by atoms with Crippen molar-refractivity contribution in [1.29, 1.82) is 0 Å². The van der Waals surface area contributed by atoms with Crippen molar-refractivity contribution in [2.75, 3.05) is 0 Å². The van der Waals surface area contributed by atoms with E-state index in [0.29, 0.717) is 0 Å². The van der Waals surface area contributed by atoms with Crippen LogP contribution in [0.3, 0.4) is 0 Å². The van der Waals surface area contributed by atoms with E-state index in [1.54, 1.807) is 0 Å². The van der Waals surface area contributed by atoms with Crippen LogP contribution in [0.1, 0.15) is 0 Å². The molecule has 0 atom stereocenters. The second-order valence-electron chi connectivity index (χ2n) is 0.634. The van der Waals surface area contributed by atoms with E-state index < -0.39 is 12.3 Å². The van der Waals surface area contributed by atoms with E-state index in [4.69, 9.17) is 10.2 Å².